The molecule has 1 N–H and O–H groups in total. The van der Waals surface area contributed by atoms with Crippen molar-refractivity contribution in [2.45, 2.75) is 46.3 Å². The zero-order valence-electron chi connectivity index (χ0n) is 14.6. The third-order valence-corrected chi connectivity index (χ3v) is 5.15. The minimum atomic E-state index is 0.631. The molecule has 1 unspecified atom stereocenters. The van der Waals surface area contributed by atoms with Gasteiger partial charge in [-0.25, -0.2) is 0 Å². The van der Waals surface area contributed by atoms with Crippen molar-refractivity contribution < 1.29 is 0 Å². The molecular formula is C21H28N2. The van der Waals surface area contributed by atoms with Crippen LogP contribution in [0, 0.1) is 13.8 Å². The van der Waals surface area contributed by atoms with Crippen LogP contribution in [0.25, 0.3) is 0 Å². The van der Waals surface area contributed by atoms with E-state index in [1.807, 2.05) is 0 Å². The fraction of sp³-hybridized carbons (Fsp3) is 0.429. The van der Waals surface area contributed by atoms with Gasteiger partial charge in [0.15, 0.2) is 0 Å². The number of nitrogens with zero attached hydrogens (tertiary/aromatic N) is 1. The molecule has 1 atom stereocenters. The average Bonchev–Trinajstić information content (AvgIpc) is 2.54. The van der Waals surface area contributed by atoms with E-state index < -0.39 is 0 Å². The maximum atomic E-state index is 3.63. The first-order valence-electron chi connectivity index (χ1n) is 8.72. The molecule has 0 spiro atoms. The van der Waals surface area contributed by atoms with Gasteiger partial charge in [0, 0.05) is 32.2 Å². The van der Waals surface area contributed by atoms with Gasteiger partial charge in [-0.1, -0.05) is 42.5 Å². The number of fused-ring (bicyclic) bond motifs is 1. The summed E-state index contributed by atoms with van der Waals surface area (Å²) in [6.45, 7) is 11.0. The maximum absolute atomic E-state index is 3.63. The van der Waals surface area contributed by atoms with Gasteiger partial charge in [-0.3, -0.25) is 4.90 Å². The van der Waals surface area contributed by atoms with E-state index >= 15 is 0 Å². The lowest BCUT2D eigenvalue weighted by molar-refractivity contribution is 0.185. The van der Waals surface area contributed by atoms with Crippen LogP contribution in [0.4, 0.5) is 0 Å². The van der Waals surface area contributed by atoms with Crippen LogP contribution in [0.15, 0.2) is 42.5 Å². The van der Waals surface area contributed by atoms with Crippen molar-refractivity contribution in [1.29, 1.82) is 0 Å². The largest absolute Gasteiger partial charge is 0.311 e. The smallest absolute Gasteiger partial charge is 0.0239 e. The normalized spacial score (nSPS) is 18.0. The second-order valence-corrected chi connectivity index (χ2v) is 6.84. The molecule has 2 heteroatoms. The number of aryl methyl sites for hydroxylation is 2. The molecule has 2 aromatic carbocycles. The highest BCUT2D eigenvalue weighted by Gasteiger charge is 2.21. The molecule has 1 aliphatic heterocycles. The van der Waals surface area contributed by atoms with Crippen LogP contribution in [0.1, 0.15) is 34.7 Å². The second kappa shape index (κ2) is 7.29. The quantitative estimate of drug-likeness (QED) is 0.844. The summed E-state index contributed by atoms with van der Waals surface area (Å²) < 4.78 is 0. The lowest BCUT2D eigenvalue weighted by Crippen LogP contribution is -2.42. The zero-order chi connectivity index (χ0) is 16.2. The molecule has 2 aromatic rings. The highest BCUT2D eigenvalue weighted by atomic mass is 15.2. The molecule has 1 aliphatic rings. The van der Waals surface area contributed by atoms with Crippen molar-refractivity contribution in [2.75, 3.05) is 13.1 Å². The van der Waals surface area contributed by atoms with Gasteiger partial charge in [-0.15, -0.1) is 0 Å². The minimum absolute atomic E-state index is 0.631. The summed E-state index contributed by atoms with van der Waals surface area (Å²) in [4.78, 5) is 2.60. The van der Waals surface area contributed by atoms with E-state index in [4.69, 9.17) is 0 Å². The molecule has 0 radical (unpaired) electrons. The van der Waals surface area contributed by atoms with Crippen molar-refractivity contribution in [3.63, 3.8) is 0 Å². The van der Waals surface area contributed by atoms with Gasteiger partial charge < -0.3 is 5.32 Å². The monoisotopic (exact) mass is 308 g/mol. The Hall–Kier alpha value is -1.64. The molecule has 0 saturated heterocycles. The molecule has 23 heavy (non-hydrogen) atoms. The Labute approximate surface area is 140 Å². The molecule has 0 aromatic heterocycles. The van der Waals surface area contributed by atoms with Gasteiger partial charge in [0.25, 0.3) is 0 Å². The molecule has 0 bridgehead atoms. The number of hydrogen-bond acceptors (Lipinski definition) is 2. The fourth-order valence-corrected chi connectivity index (χ4v) is 3.60. The third-order valence-electron chi connectivity index (χ3n) is 5.15. The SMILES string of the molecule is Cc1cccc(C)c1CNCCN1Cc2ccccc2CC1C. The van der Waals surface area contributed by atoms with Crippen molar-refractivity contribution in [3.8, 4) is 0 Å². The molecule has 0 saturated carbocycles. The van der Waals surface area contributed by atoms with E-state index in [1.54, 1.807) is 0 Å². The summed E-state index contributed by atoms with van der Waals surface area (Å²) in [6, 6.07) is 16.1. The first-order chi connectivity index (χ1) is 11.1. The molecule has 3 rings (SSSR count). The third kappa shape index (κ3) is 3.82. The highest BCUT2D eigenvalue weighted by Crippen LogP contribution is 2.22. The summed E-state index contributed by atoms with van der Waals surface area (Å²) >= 11 is 0. The highest BCUT2D eigenvalue weighted by molar-refractivity contribution is 5.33. The molecule has 0 fully saturated rings. The average molecular weight is 308 g/mol. The van der Waals surface area contributed by atoms with Crippen LogP contribution in [-0.4, -0.2) is 24.0 Å². The van der Waals surface area contributed by atoms with Gasteiger partial charge in [0.1, 0.15) is 0 Å². The van der Waals surface area contributed by atoms with Gasteiger partial charge in [-0.2, -0.15) is 0 Å². The predicted molar refractivity (Wildman–Crippen MR) is 97.6 cm³/mol. The van der Waals surface area contributed by atoms with Crippen LogP contribution in [0.3, 0.4) is 0 Å². The molecule has 2 nitrogen and oxygen atoms in total. The van der Waals surface area contributed by atoms with Crippen LogP contribution in [0.5, 0.6) is 0 Å². The molecule has 1 heterocycles. The Morgan fingerprint density at radius 1 is 1.00 bits per heavy atom. The second-order valence-electron chi connectivity index (χ2n) is 6.84. The predicted octanol–water partition coefficient (Wildman–Crippen LogP) is 3.84. The molecular weight excluding hydrogens is 280 g/mol. The lowest BCUT2D eigenvalue weighted by Gasteiger charge is -2.35. The number of rotatable bonds is 5. The summed E-state index contributed by atoms with van der Waals surface area (Å²) in [7, 11) is 0. The van der Waals surface area contributed by atoms with E-state index in [0.717, 1.165) is 26.2 Å². The Kier molecular flexibility index (Phi) is 5.14. The van der Waals surface area contributed by atoms with E-state index in [-0.39, 0.29) is 0 Å². The van der Waals surface area contributed by atoms with Crippen molar-refractivity contribution in [1.82, 2.24) is 10.2 Å². The minimum Gasteiger partial charge on any atom is -0.311 e. The van der Waals surface area contributed by atoms with E-state index in [1.165, 1.54) is 34.2 Å². The Balaban J connectivity index is 1.51. The zero-order valence-corrected chi connectivity index (χ0v) is 14.6. The molecule has 0 aliphatic carbocycles. The van der Waals surface area contributed by atoms with Crippen LogP contribution >= 0.6 is 0 Å². The lowest BCUT2D eigenvalue weighted by atomic mass is 9.95. The topological polar surface area (TPSA) is 15.3 Å². The standard InChI is InChI=1S/C21H28N2/c1-16-7-6-8-17(2)21(16)14-22-11-12-23-15-20-10-5-4-9-19(20)13-18(23)3/h4-10,18,22H,11-15H2,1-3H3. The van der Waals surface area contributed by atoms with Crippen molar-refractivity contribution in [3.05, 3.63) is 70.3 Å². The summed E-state index contributed by atoms with van der Waals surface area (Å²) in [5, 5.41) is 3.63. The van der Waals surface area contributed by atoms with E-state index in [0.29, 0.717) is 6.04 Å². The van der Waals surface area contributed by atoms with Crippen LogP contribution < -0.4 is 5.32 Å². The summed E-state index contributed by atoms with van der Waals surface area (Å²) in [5.41, 5.74) is 7.25. The number of hydrogen-bond donors (Lipinski definition) is 1. The van der Waals surface area contributed by atoms with Gasteiger partial charge in [-0.05, 0) is 55.0 Å². The molecule has 0 amide bonds. The first-order valence-corrected chi connectivity index (χ1v) is 8.72. The number of benzene rings is 2. The van der Waals surface area contributed by atoms with Crippen molar-refractivity contribution in [2.24, 2.45) is 0 Å². The van der Waals surface area contributed by atoms with Crippen LogP contribution in [-0.2, 0) is 19.5 Å². The summed E-state index contributed by atoms with van der Waals surface area (Å²) in [6.07, 6.45) is 1.17. The maximum Gasteiger partial charge on any atom is 0.0239 e. The summed E-state index contributed by atoms with van der Waals surface area (Å²) in [5.74, 6) is 0. The van der Waals surface area contributed by atoms with Gasteiger partial charge >= 0.3 is 0 Å². The van der Waals surface area contributed by atoms with Gasteiger partial charge in [0.2, 0.25) is 0 Å². The Morgan fingerprint density at radius 3 is 2.43 bits per heavy atom. The fourth-order valence-electron chi connectivity index (χ4n) is 3.60. The first kappa shape index (κ1) is 16.2. The van der Waals surface area contributed by atoms with Gasteiger partial charge in [0.05, 0.1) is 0 Å². The van der Waals surface area contributed by atoms with Crippen molar-refractivity contribution >= 4 is 0 Å². The Morgan fingerprint density at radius 2 is 1.70 bits per heavy atom. The van der Waals surface area contributed by atoms with Crippen LogP contribution in [0.2, 0.25) is 0 Å². The van der Waals surface area contributed by atoms with E-state index in [2.05, 4.69) is 73.5 Å². The van der Waals surface area contributed by atoms with E-state index in [9.17, 15) is 0 Å². The number of nitrogens with one attached hydrogen (secondary N) is 1. The Bertz CT molecular complexity index is 642. The molecule has 122 valence electrons.